The zero-order valence-electron chi connectivity index (χ0n) is 30.9. The molecule has 0 unspecified atom stereocenters. The Morgan fingerprint density at radius 2 is 0.387 bits per heavy atom. The molecule has 0 heterocycles. The van der Waals surface area contributed by atoms with Crippen molar-refractivity contribution in [3.63, 3.8) is 0 Å². The molecule has 12 nitrogen and oxygen atoms in total. The van der Waals surface area contributed by atoms with E-state index >= 15 is 70.2 Å². The monoisotopic (exact) mass is 934 g/mol. The van der Waals surface area contributed by atoms with E-state index in [1.54, 1.807) is 0 Å². The normalized spacial score (nSPS) is 13.4. The van der Waals surface area contributed by atoms with Crippen molar-refractivity contribution in [2.75, 3.05) is 39.6 Å². The Hall–Kier alpha value is -5.86. The minimum Gasteiger partial charge on any atom is -0.461 e. The third-order valence-corrected chi connectivity index (χ3v) is 8.04. The van der Waals surface area contributed by atoms with E-state index in [4.69, 9.17) is 0 Å². The maximum absolute atomic E-state index is 16.0. The summed E-state index contributed by atoms with van der Waals surface area (Å²) in [5, 5.41) is 0. The topological polar surface area (TPSA) is 158 Å². The van der Waals surface area contributed by atoms with Crippen molar-refractivity contribution >= 4 is 35.8 Å². The first-order valence-electron chi connectivity index (χ1n) is 15.8. The van der Waals surface area contributed by atoms with Gasteiger partial charge in [0, 0.05) is 36.5 Å². The molecule has 0 aromatic rings. The van der Waals surface area contributed by atoms with Crippen LogP contribution in [0.1, 0.15) is 0 Å². The maximum atomic E-state index is 16.0. The van der Waals surface area contributed by atoms with Crippen molar-refractivity contribution in [1.82, 2.24) is 0 Å². The molecule has 0 aliphatic carbocycles. The molecule has 0 aromatic carbocycles. The van der Waals surface area contributed by atoms with Crippen molar-refractivity contribution in [2.24, 2.45) is 10.8 Å². The Labute approximate surface area is 337 Å². The number of halogens is 16. The summed E-state index contributed by atoms with van der Waals surface area (Å²) >= 11 is 0. The van der Waals surface area contributed by atoms with E-state index in [0.717, 1.165) is 0 Å². The number of ether oxygens (including phenoxy) is 6. The van der Waals surface area contributed by atoms with Crippen LogP contribution < -0.4 is 0 Å². The Morgan fingerprint density at radius 1 is 0.274 bits per heavy atom. The first kappa shape index (κ1) is 56.1. The van der Waals surface area contributed by atoms with Gasteiger partial charge in [-0.3, -0.25) is 0 Å². The lowest BCUT2D eigenvalue weighted by Gasteiger charge is -2.48. The van der Waals surface area contributed by atoms with E-state index in [1.807, 2.05) is 0 Å². The third kappa shape index (κ3) is 10.1. The van der Waals surface area contributed by atoms with Gasteiger partial charge in [-0.1, -0.05) is 39.5 Å². The van der Waals surface area contributed by atoms with Crippen molar-refractivity contribution in [3.05, 3.63) is 75.9 Å². The summed E-state index contributed by atoms with van der Waals surface area (Å²) in [6, 6.07) is 0. The van der Waals surface area contributed by atoms with Crippen LogP contribution in [0.15, 0.2) is 75.9 Å². The van der Waals surface area contributed by atoms with Gasteiger partial charge in [0.25, 0.3) is 0 Å². The van der Waals surface area contributed by atoms with E-state index in [0.29, 0.717) is 0 Å². The smallest absolute Gasteiger partial charge is 0.384 e. The van der Waals surface area contributed by atoms with Gasteiger partial charge in [0.05, 0.1) is 0 Å². The lowest BCUT2D eigenvalue weighted by molar-refractivity contribution is -0.465. The lowest BCUT2D eigenvalue weighted by Crippen LogP contribution is -2.78. The molecule has 28 heteroatoms. The summed E-state index contributed by atoms with van der Waals surface area (Å²) in [6.45, 7) is 0.274. The quantitative estimate of drug-likeness (QED) is 0.0386. The number of rotatable bonds is 27. The lowest BCUT2D eigenvalue weighted by atomic mass is 9.74. The van der Waals surface area contributed by atoms with Crippen LogP contribution in [0.2, 0.25) is 0 Å². The highest BCUT2D eigenvalue weighted by molar-refractivity contribution is 5.83. The molecule has 0 amide bonds. The molecule has 0 aliphatic rings. The zero-order valence-corrected chi connectivity index (χ0v) is 30.9. The second-order valence-electron chi connectivity index (χ2n) is 12.0. The second-order valence-corrected chi connectivity index (χ2v) is 12.0. The zero-order chi connectivity index (χ0) is 49.2. The first-order valence-corrected chi connectivity index (χ1v) is 15.8. The molecule has 0 radical (unpaired) electrons. The fraction of sp³-hybridized carbons (Fsp3) is 0.471. The highest BCUT2D eigenvalue weighted by Gasteiger charge is 2.97. The van der Waals surface area contributed by atoms with Crippen LogP contribution in [0.5, 0.6) is 0 Å². The van der Waals surface area contributed by atoms with Crippen LogP contribution in [0, 0.1) is 10.8 Å². The van der Waals surface area contributed by atoms with E-state index < -0.39 is 134 Å². The molecule has 0 fully saturated rings. The first-order chi connectivity index (χ1) is 28.0. The molecule has 0 spiro atoms. The van der Waals surface area contributed by atoms with Gasteiger partial charge in [-0.25, -0.2) is 28.8 Å². The van der Waals surface area contributed by atoms with Gasteiger partial charge in [0.15, 0.2) is 0 Å². The van der Waals surface area contributed by atoms with Gasteiger partial charge in [-0.15, -0.1) is 0 Å². The molecule has 0 rings (SSSR count). The van der Waals surface area contributed by atoms with E-state index in [2.05, 4.69) is 67.9 Å². The van der Waals surface area contributed by atoms with Crippen LogP contribution in [0.4, 0.5) is 70.2 Å². The standard InChI is InChI=1S/C34H30F16O12/c1-7-19(51)57-13-25(14-58-20(52)8-2,15-59-21(53)9-3)27(35,36)29(39,40)31(43,44)33(47,48)34(49,50)32(45,46)30(41,42)28(37,38)26(16-60-22(54)10-4,17-61-23(55)11-5)18-62-24(56)12-6/h7-12H,1-6,13-18H2. The van der Waals surface area contributed by atoms with Gasteiger partial charge in [0.1, 0.15) is 50.5 Å². The average molecular weight is 935 g/mol. The van der Waals surface area contributed by atoms with Crippen molar-refractivity contribution in [3.8, 4) is 0 Å². The molecule has 0 bridgehead atoms. The molecule has 0 aliphatic heterocycles. The summed E-state index contributed by atoms with van der Waals surface area (Å²) in [5.41, 5.74) is -9.84. The van der Waals surface area contributed by atoms with Crippen molar-refractivity contribution in [1.29, 1.82) is 0 Å². The Balaban J connectivity index is 8.19. The van der Waals surface area contributed by atoms with E-state index in [-0.39, 0.29) is 36.5 Å². The Kier molecular flexibility index (Phi) is 18.0. The Morgan fingerprint density at radius 3 is 0.500 bits per heavy atom. The SMILES string of the molecule is C=CC(=O)OCC(COC(=O)C=C)(COC(=O)C=C)C(F)(F)C(F)(F)C(F)(F)C(F)(F)C(F)(F)C(F)(F)C(F)(F)C(F)(F)C(COC(=O)C=C)(COC(=O)C=C)COC(=O)C=C. The largest absolute Gasteiger partial charge is 0.461 e. The summed E-state index contributed by atoms with van der Waals surface area (Å²) in [7, 11) is 0. The number of carbonyl (C=O) groups is 6. The third-order valence-electron chi connectivity index (χ3n) is 8.04. The minimum absolute atomic E-state index is 0.0128. The maximum Gasteiger partial charge on any atom is 0.384 e. The van der Waals surface area contributed by atoms with E-state index in [9.17, 15) is 28.8 Å². The number of hydrogen-bond acceptors (Lipinski definition) is 12. The molecule has 0 saturated heterocycles. The second kappa shape index (κ2) is 19.9. The molecular formula is C34H30F16O12. The van der Waals surface area contributed by atoms with Crippen LogP contribution >= 0.6 is 0 Å². The number of esters is 6. The van der Waals surface area contributed by atoms with Crippen LogP contribution in [-0.4, -0.2) is 123 Å². The molecule has 0 N–H and O–H groups in total. The van der Waals surface area contributed by atoms with E-state index in [1.165, 1.54) is 0 Å². The highest BCUT2D eigenvalue weighted by atomic mass is 19.4. The van der Waals surface area contributed by atoms with Crippen LogP contribution in [0.25, 0.3) is 0 Å². The molecule has 0 aromatic heterocycles. The predicted octanol–water partition coefficient (Wildman–Crippen LogP) is 6.42. The van der Waals surface area contributed by atoms with Gasteiger partial charge in [0.2, 0.25) is 0 Å². The van der Waals surface area contributed by atoms with Crippen molar-refractivity contribution < 1.29 is 127 Å². The highest BCUT2D eigenvalue weighted by Crippen LogP contribution is 2.67. The van der Waals surface area contributed by atoms with Crippen LogP contribution in [-0.2, 0) is 57.2 Å². The number of hydrogen-bond donors (Lipinski definition) is 0. The fourth-order valence-electron chi connectivity index (χ4n) is 4.25. The minimum atomic E-state index is -9.11. The van der Waals surface area contributed by atoms with Gasteiger partial charge in [-0.2, -0.15) is 70.2 Å². The number of carbonyl (C=O) groups excluding carboxylic acids is 6. The van der Waals surface area contributed by atoms with Gasteiger partial charge in [-0.05, 0) is 0 Å². The fourth-order valence-corrected chi connectivity index (χ4v) is 4.25. The molecule has 0 atom stereocenters. The van der Waals surface area contributed by atoms with Crippen LogP contribution in [0.3, 0.4) is 0 Å². The molecular weight excluding hydrogens is 904 g/mol. The summed E-state index contributed by atoms with van der Waals surface area (Å²) < 4.78 is 272. The summed E-state index contributed by atoms with van der Waals surface area (Å²) in [4.78, 5) is 69.9. The van der Waals surface area contributed by atoms with Crippen molar-refractivity contribution in [2.45, 2.75) is 47.4 Å². The molecule has 350 valence electrons. The van der Waals surface area contributed by atoms with Gasteiger partial charge >= 0.3 is 83.2 Å². The molecule has 0 saturated carbocycles. The predicted molar refractivity (Wildman–Crippen MR) is 171 cm³/mol. The summed E-state index contributed by atoms with van der Waals surface area (Å²) in [6.07, 6.45) is 0.0769. The average Bonchev–Trinajstić information content (AvgIpc) is 3.21. The number of alkyl halides is 16. The molecule has 62 heavy (non-hydrogen) atoms. The van der Waals surface area contributed by atoms with Gasteiger partial charge < -0.3 is 28.4 Å². The Bertz CT molecular complexity index is 1530. The summed E-state index contributed by atoms with van der Waals surface area (Å²) in [5.74, 6) is -79.9.